The molecule has 0 saturated carbocycles. The SMILES string of the molecule is CC(C)(C)O.COC1OCCCC1NC(C)=O.COCCOCCOCCOCCOCc1ccccc1. The van der Waals surface area contributed by atoms with Crippen molar-refractivity contribution in [3.63, 3.8) is 0 Å². The molecule has 1 aromatic carbocycles. The van der Waals surface area contributed by atoms with Gasteiger partial charge in [0.05, 0.1) is 71.1 Å². The smallest absolute Gasteiger partial charge is 0.217 e. The first kappa shape index (κ1) is 36.4. The molecule has 1 aliphatic heterocycles. The summed E-state index contributed by atoms with van der Waals surface area (Å²) in [6.07, 6.45) is 1.63. The molecule has 0 bridgehead atoms. The average Bonchev–Trinajstić information content (AvgIpc) is 2.87. The molecule has 10 nitrogen and oxygen atoms in total. The predicted octanol–water partition coefficient (Wildman–Crippen LogP) is 2.95. The van der Waals surface area contributed by atoms with Gasteiger partial charge in [0.1, 0.15) is 0 Å². The summed E-state index contributed by atoms with van der Waals surface area (Å²) in [5, 5.41) is 11.3. The van der Waals surface area contributed by atoms with Crippen LogP contribution >= 0.6 is 0 Å². The van der Waals surface area contributed by atoms with E-state index in [2.05, 4.69) is 5.32 Å². The molecule has 1 fully saturated rings. The van der Waals surface area contributed by atoms with Gasteiger partial charge in [-0.1, -0.05) is 30.3 Å². The van der Waals surface area contributed by atoms with E-state index in [0.29, 0.717) is 66.1 Å². The number of nitrogens with one attached hydrogen (secondary N) is 1. The van der Waals surface area contributed by atoms with Crippen LogP contribution in [0.15, 0.2) is 30.3 Å². The Hall–Kier alpha value is -1.63. The highest BCUT2D eigenvalue weighted by Crippen LogP contribution is 2.14. The molecule has 2 atom stereocenters. The van der Waals surface area contributed by atoms with E-state index < -0.39 is 5.60 Å². The number of ether oxygens (including phenoxy) is 7. The quantitative estimate of drug-likeness (QED) is 0.303. The lowest BCUT2D eigenvalue weighted by Crippen LogP contribution is -2.47. The van der Waals surface area contributed by atoms with Gasteiger partial charge < -0.3 is 43.6 Å². The second-order valence-electron chi connectivity index (χ2n) is 9.46. The zero-order valence-electron chi connectivity index (χ0n) is 24.2. The van der Waals surface area contributed by atoms with Crippen molar-refractivity contribution < 1.29 is 43.1 Å². The van der Waals surface area contributed by atoms with Crippen LogP contribution in [-0.4, -0.2) is 103 Å². The van der Waals surface area contributed by atoms with Crippen molar-refractivity contribution in [2.45, 2.75) is 65.1 Å². The first-order valence-electron chi connectivity index (χ1n) is 13.1. The van der Waals surface area contributed by atoms with E-state index in [1.165, 1.54) is 12.5 Å². The third-order valence-corrected chi connectivity index (χ3v) is 4.55. The first-order chi connectivity index (χ1) is 18.2. The summed E-state index contributed by atoms with van der Waals surface area (Å²) in [5.74, 6) is -0.0347. The molecule has 1 aromatic rings. The number of carbonyl (C=O) groups is 1. The Morgan fingerprint density at radius 2 is 1.42 bits per heavy atom. The highest BCUT2D eigenvalue weighted by molar-refractivity contribution is 5.73. The summed E-state index contributed by atoms with van der Waals surface area (Å²) < 4.78 is 36.8. The van der Waals surface area contributed by atoms with Gasteiger partial charge in [0.2, 0.25) is 5.91 Å². The maximum absolute atomic E-state index is 10.8. The van der Waals surface area contributed by atoms with Gasteiger partial charge in [0, 0.05) is 27.8 Å². The molecule has 1 amide bonds. The Labute approximate surface area is 229 Å². The lowest BCUT2D eigenvalue weighted by Gasteiger charge is -2.30. The van der Waals surface area contributed by atoms with Crippen LogP contribution in [0.25, 0.3) is 0 Å². The second-order valence-corrected chi connectivity index (χ2v) is 9.46. The van der Waals surface area contributed by atoms with Crippen LogP contribution in [0.4, 0.5) is 0 Å². The van der Waals surface area contributed by atoms with Crippen LogP contribution in [-0.2, 0) is 44.6 Å². The van der Waals surface area contributed by atoms with Crippen molar-refractivity contribution in [2.75, 3.05) is 73.7 Å². The van der Waals surface area contributed by atoms with Crippen molar-refractivity contribution in [3.8, 4) is 0 Å². The highest BCUT2D eigenvalue weighted by Gasteiger charge is 2.25. The lowest BCUT2D eigenvalue weighted by atomic mass is 10.1. The molecule has 0 spiro atoms. The Morgan fingerprint density at radius 1 is 0.921 bits per heavy atom. The maximum atomic E-state index is 10.8. The van der Waals surface area contributed by atoms with E-state index >= 15 is 0 Å². The molecule has 2 unspecified atom stereocenters. The van der Waals surface area contributed by atoms with Gasteiger partial charge in [0.15, 0.2) is 6.29 Å². The van der Waals surface area contributed by atoms with Crippen LogP contribution in [0.5, 0.6) is 0 Å². The van der Waals surface area contributed by atoms with Crippen molar-refractivity contribution in [1.29, 1.82) is 0 Å². The third-order valence-electron chi connectivity index (χ3n) is 4.55. The zero-order chi connectivity index (χ0) is 28.5. The number of benzene rings is 1. The molecule has 1 saturated heterocycles. The van der Waals surface area contributed by atoms with E-state index in [1.54, 1.807) is 35.0 Å². The lowest BCUT2D eigenvalue weighted by molar-refractivity contribution is -0.165. The summed E-state index contributed by atoms with van der Waals surface area (Å²) in [7, 11) is 3.24. The number of amides is 1. The molecule has 2 rings (SSSR count). The van der Waals surface area contributed by atoms with Crippen LogP contribution in [0.3, 0.4) is 0 Å². The van der Waals surface area contributed by atoms with Gasteiger partial charge in [0.25, 0.3) is 0 Å². The number of carbonyl (C=O) groups excluding carboxylic acids is 1. The minimum Gasteiger partial charge on any atom is -0.391 e. The Bertz CT molecular complexity index is 649. The van der Waals surface area contributed by atoms with Crippen molar-refractivity contribution >= 4 is 5.91 Å². The van der Waals surface area contributed by atoms with Gasteiger partial charge >= 0.3 is 0 Å². The number of aliphatic hydroxyl groups is 1. The minimum absolute atomic E-state index is 0.0150. The van der Waals surface area contributed by atoms with Crippen LogP contribution in [0.1, 0.15) is 46.1 Å². The molecule has 2 N–H and O–H groups in total. The second kappa shape index (κ2) is 24.4. The molecule has 1 aliphatic rings. The fourth-order valence-electron chi connectivity index (χ4n) is 2.95. The monoisotopic (exact) mass is 545 g/mol. The Morgan fingerprint density at radius 3 is 1.89 bits per heavy atom. The van der Waals surface area contributed by atoms with Crippen LogP contribution < -0.4 is 5.32 Å². The van der Waals surface area contributed by atoms with Crippen molar-refractivity contribution in [3.05, 3.63) is 35.9 Å². The van der Waals surface area contributed by atoms with E-state index in [4.69, 9.17) is 38.3 Å². The van der Waals surface area contributed by atoms with Gasteiger partial charge in [-0.05, 0) is 39.2 Å². The number of hydrogen-bond donors (Lipinski definition) is 2. The third kappa shape index (κ3) is 26.0. The summed E-state index contributed by atoms with van der Waals surface area (Å²) in [6.45, 7) is 12.8. The molecule has 222 valence electrons. The van der Waals surface area contributed by atoms with E-state index in [9.17, 15) is 4.79 Å². The van der Waals surface area contributed by atoms with E-state index in [-0.39, 0.29) is 18.2 Å². The Kier molecular flexibility index (Phi) is 23.4. The number of rotatable bonds is 16. The average molecular weight is 546 g/mol. The van der Waals surface area contributed by atoms with E-state index in [0.717, 1.165) is 12.8 Å². The highest BCUT2D eigenvalue weighted by atomic mass is 16.7. The molecule has 0 aromatic heterocycles. The van der Waals surface area contributed by atoms with E-state index in [1.807, 2.05) is 30.3 Å². The standard InChI is InChI=1S/C16H26O5.C8H15NO3.C4H10O/c1-17-7-8-18-9-10-19-11-12-20-13-14-21-15-16-5-3-2-4-6-16;1-6(10)9-7-4-3-5-12-8(7)11-2;1-4(2,3)5/h2-6H,7-15H2,1H3;7-8H,3-5H2,1-2H3,(H,9,10);5H,1-3H3. The molecule has 0 radical (unpaired) electrons. The summed E-state index contributed by atoms with van der Waals surface area (Å²) in [6, 6.07) is 10.1. The zero-order valence-corrected chi connectivity index (χ0v) is 24.2. The summed E-state index contributed by atoms with van der Waals surface area (Å²) in [5.41, 5.74) is 0.675. The van der Waals surface area contributed by atoms with Crippen LogP contribution in [0, 0.1) is 0 Å². The van der Waals surface area contributed by atoms with Gasteiger partial charge in [-0.3, -0.25) is 4.79 Å². The summed E-state index contributed by atoms with van der Waals surface area (Å²) in [4.78, 5) is 10.8. The predicted molar refractivity (Wildman–Crippen MR) is 146 cm³/mol. The maximum Gasteiger partial charge on any atom is 0.217 e. The van der Waals surface area contributed by atoms with Gasteiger partial charge in [-0.15, -0.1) is 0 Å². The molecule has 10 heteroatoms. The summed E-state index contributed by atoms with van der Waals surface area (Å²) >= 11 is 0. The fourth-order valence-corrected chi connectivity index (χ4v) is 2.95. The number of hydrogen-bond acceptors (Lipinski definition) is 9. The molecular formula is C28H51NO9. The van der Waals surface area contributed by atoms with Crippen molar-refractivity contribution in [1.82, 2.24) is 5.32 Å². The minimum atomic E-state index is -0.500. The topological polar surface area (TPSA) is 114 Å². The van der Waals surface area contributed by atoms with Gasteiger partial charge in [-0.25, -0.2) is 0 Å². The molecule has 38 heavy (non-hydrogen) atoms. The van der Waals surface area contributed by atoms with Crippen molar-refractivity contribution in [2.24, 2.45) is 0 Å². The van der Waals surface area contributed by atoms with Gasteiger partial charge in [-0.2, -0.15) is 0 Å². The van der Waals surface area contributed by atoms with Crippen LogP contribution in [0.2, 0.25) is 0 Å². The molecule has 1 heterocycles. The normalized spacial score (nSPS) is 17.0. The largest absolute Gasteiger partial charge is 0.391 e. The Balaban J connectivity index is 0.000000673. The first-order valence-corrected chi connectivity index (χ1v) is 13.1. The molecular weight excluding hydrogens is 494 g/mol. The fraction of sp³-hybridized carbons (Fsp3) is 0.750. The molecule has 0 aliphatic carbocycles. The number of methoxy groups -OCH3 is 2.